The van der Waals surface area contributed by atoms with Crippen molar-refractivity contribution in [2.24, 2.45) is 0 Å². The maximum atomic E-state index is 10.5. The van der Waals surface area contributed by atoms with Crippen molar-refractivity contribution in [2.75, 3.05) is 6.54 Å². The Balaban J connectivity index is 1.80. The third-order valence-electron chi connectivity index (χ3n) is 2.93. The molecule has 0 aliphatic rings. The molecule has 0 aliphatic carbocycles. The van der Waals surface area contributed by atoms with Crippen molar-refractivity contribution in [3.05, 3.63) is 44.9 Å². The number of thiophene rings is 1. The molecular weight excluding hydrogens is 280 g/mol. The van der Waals surface area contributed by atoms with E-state index >= 15 is 0 Å². The third kappa shape index (κ3) is 3.86. The molecule has 2 aromatic rings. The summed E-state index contributed by atoms with van der Waals surface area (Å²) in [7, 11) is 0. The average Bonchev–Trinajstić information content (AvgIpc) is 3.06. The standard InChI is InChI=1S/C12H16N4O3S/c1-9(10-2-3-20-8-10)13-5-12(17)7-15-6-11(4-14-15)16(18)19/h2-4,6,8-9,12-13,17H,5,7H2,1H3. The predicted octanol–water partition coefficient (Wildman–Crippen LogP) is 1.56. The van der Waals surface area contributed by atoms with Gasteiger partial charge in [0.25, 0.3) is 0 Å². The number of nitrogens with zero attached hydrogens (tertiary/aromatic N) is 3. The molecular formula is C12H16N4O3S. The van der Waals surface area contributed by atoms with Gasteiger partial charge in [-0.2, -0.15) is 16.4 Å². The molecule has 2 heterocycles. The van der Waals surface area contributed by atoms with E-state index in [1.807, 2.05) is 18.4 Å². The van der Waals surface area contributed by atoms with Crippen LogP contribution in [-0.4, -0.2) is 32.5 Å². The monoisotopic (exact) mass is 296 g/mol. The van der Waals surface area contributed by atoms with E-state index in [2.05, 4.69) is 15.8 Å². The Kier molecular flexibility index (Phi) is 4.83. The summed E-state index contributed by atoms with van der Waals surface area (Å²) in [5.41, 5.74) is 1.11. The van der Waals surface area contributed by atoms with Crippen LogP contribution >= 0.6 is 11.3 Å². The summed E-state index contributed by atoms with van der Waals surface area (Å²) in [6.07, 6.45) is 1.83. The molecule has 8 heteroatoms. The molecule has 2 N–H and O–H groups in total. The molecule has 0 saturated carbocycles. The van der Waals surface area contributed by atoms with Crippen LogP contribution in [0.3, 0.4) is 0 Å². The van der Waals surface area contributed by atoms with Crippen LogP contribution in [0.2, 0.25) is 0 Å². The molecule has 0 bridgehead atoms. The number of hydrogen-bond donors (Lipinski definition) is 2. The van der Waals surface area contributed by atoms with E-state index in [0.29, 0.717) is 6.54 Å². The number of nitrogens with one attached hydrogen (secondary N) is 1. The quantitative estimate of drug-likeness (QED) is 0.597. The van der Waals surface area contributed by atoms with Gasteiger partial charge in [0.1, 0.15) is 12.4 Å². The van der Waals surface area contributed by atoms with Crippen molar-refractivity contribution >= 4 is 17.0 Å². The molecule has 0 aromatic carbocycles. The summed E-state index contributed by atoms with van der Waals surface area (Å²) in [6.45, 7) is 2.63. The molecule has 20 heavy (non-hydrogen) atoms. The lowest BCUT2D eigenvalue weighted by atomic mass is 10.2. The maximum absolute atomic E-state index is 10.5. The van der Waals surface area contributed by atoms with E-state index in [0.717, 1.165) is 0 Å². The van der Waals surface area contributed by atoms with Crippen molar-refractivity contribution in [3.63, 3.8) is 0 Å². The molecule has 0 spiro atoms. The lowest BCUT2D eigenvalue weighted by molar-refractivity contribution is -0.385. The van der Waals surface area contributed by atoms with Crippen LogP contribution < -0.4 is 5.32 Å². The van der Waals surface area contributed by atoms with Gasteiger partial charge in [-0.3, -0.25) is 14.8 Å². The van der Waals surface area contributed by atoms with Crippen LogP contribution in [0.15, 0.2) is 29.2 Å². The summed E-state index contributed by atoms with van der Waals surface area (Å²) in [4.78, 5) is 10.0. The van der Waals surface area contributed by atoms with E-state index in [-0.39, 0.29) is 18.3 Å². The number of aromatic nitrogens is 2. The fourth-order valence-corrected chi connectivity index (χ4v) is 2.53. The zero-order valence-corrected chi connectivity index (χ0v) is 11.8. The van der Waals surface area contributed by atoms with Crippen LogP contribution in [0.25, 0.3) is 0 Å². The highest BCUT2D eigenvalue weighted by Gasteiger charge is 2.13. The second-order valence-electron chi connectivity index (χ2n) is 4.52. The maximum Gasteiger partial charge on any atom is 0.306 e. The van der Waals surface area contributed by atoms with Crippen molar-refractivity contribution in [3.8, 4) is 0 Å². The van der Waals surface area contributed by atoms with Gasteiger partial charge in [-0.25, -0.2) is 0 Å². The van der Waals surface area contributed by atoms with E-state index in [9.17, 15) is 15.2 Å². The number of rotatable bonds is 7. The Morgan fingerprint density at radius 3 is 3.05 bits per heavy atom. The van der Waals surface area contributed by atoms with Crippen LogP contribution in [0.1, 0.15) is 18.5 Å². The Labute approximate surface area is 120 Å². The molecule has 0 radical (unpaired) electrons. The highest BCUT2D eigenvalue weighted by atomic mass is 32.1. The van der Waals surface area contributed by atoms with E-state index in [1.165, 1.54) is 22.6 Å². The summed E-state index contributed by atoms with van der Waals surface area (Å²) in [5, 5.41) is 31.6. The number of hydrogen-bond acceptors (Lipinski definition) is 6. The minimum Gasteiger partial charge on any atom is -0.390 e. The fraction of sp³-hybridized carbons (Fsp3) is 0.417. The largest absolute Gasteiger partial charge is 0.390 e. The first kappa shape index (κ1) is 14.6. The molecule has 2 unspecified atom stereocenters. The molecule has 0 saturated heterocycles. The van der Waals surface area contributed by atoms with E-state index in [1.54, 1.807) is 11.3 Å². The van der Waals surface area contributed by atoms with Crippen LogP contribution in [-0.2, 0) is 6.54 Å². The second kappa shape index (κ2) is 6.60. The molecule has 2 atom stereocenters. The Morgan fingerprint density at radius 1 is 1.65 bits per heavy atom. The molecule has 2 aromatic heterocycles. The third-order valence-corrected chi connectivity index (χ3v) is 3.63. The minimum absolute atomic E-state index is 0.0724. The first-order valence-electron chi connectivity index (χ1n) is 6.16. The van der Waals surface area contributed by atoms with E-state index < -0.39 is 11.0 Å². The number of aliphatic hydroxyl groups excluding tert-OH is 1. The summed E-state index contributed by atoms with van der Waals surface area (Å²) < 4.78 is 1.37. The van der Waals surface area contributed by atoms with Gasteiger partial charge in [0.2, 0.25) is 0 Å². The number of aliphatic hydroxyl groups is 1. The highest BCUT2D eigenvalue weighted by Crippen LogP contribution is 2.15. The van der Waals surface area contributed by atoms with Gasteiger partial charge in [0.15, 0.2) is 0 Å². The molecule has 2 rings (SSSR count). The zero-order valence-electron chi connectivity index (χ0n) is 11.0. The average molecular weight is 296 g/mol. The molecule has 0 aliphatic heterocycles. The Bertz CT molecular complexity index is 555. The summed E-state index contributed by atoms with van der Waals surface area (Å²) in [5.74, 6) is 0. The van der Waals surface area contributed by atoms with Crippen LogP contribution in [0.4, 0.5) is 5.69 Å². The topological polar surface area (TPSA) is 93.2 Å². The lowest BCUT2D eigenvalue weighted by Gasteiger charge is -2.16. The molecule has 108 valence electrons. The first-order chi connectivity index (χ1) is 9.56. The van der Waals surface area contributed by atoms with Crippen molar-refractivity contribution in [1.29, 1.82) is 0 Å². The van der Waals surface area contributed by atoms with Gasteiger partial charge < -0.3 is 10.4 Å². The predicted molar refractivity (Wildman–Crippen MR) is 75.6 cm³/mol. The lowest BCUT2D eigenvalue weighted by Crippen LogP contribution is -2.32. The molecule has 0 amide bonds. The van der Waals surface area contributed by atoms with Crippen LogP contribution in [0.5, 0.6) is 0 Å². The fourth-order valence-electron chi connectivity index (χ4n) is 1.78. The van der Waals surface area contributed by atoms with Crippen molar-refractivity contribution < 1.29 is 10.0 Å². The molecule has 7 nitrogen and oxygen atoms in total. The smallest absolute Gasteiger partial charge is 0.306 e. The molecule has 0 fully saturated rings. The summed E-state index contributed by atoms with van der Waals surface area (Å²) >= 11 is 1.63. The van der Waals surface area contributed by atoms with Gasteiger partial charge >= 0.3 is 5.69 Å². The van der Waals surface area contributed by atoms with Gasteiger partial charge in [0.05, 0.1) is 17.6 Å². The SMILES string of the molecule is CC(NCC(O)Cn1cc([N+](=O)[O-])cn1)c1ccsc1. The Hall–Kier alpha value is -1.77. The highest BCUT2D eigenvalue weighted by molar-refractivity contribution is 7.07. The van der Waals surface area contributed by atoms with Gasteiger partial charge in [0, 0.05) is 12.6 Å². The van der Waals surface area contributed by atoms with Crippen molar-refractivity contribution in [2.45, 2.75) is 25.6 Å². The normalized spacial score (nSPS) is 14.1. The zero-order chi connectivity index (χ0) is 14.5. The summed E-state index contributed by atoms with van der Waals surface area (Å²) in [6, 6.07) is 2.19. The van der Waals surface area contributed by atoms with Crippen LogP contribution in [0, 0.1) is 10.1 Å². The second-order valence-corrected chi connectivity index (χ2v) is 5.30. The van der Waals surface area contributed by atoms with Gasteiger partial charge in [-0.05, 0) is 29.3 Å². The minimum atomic E-state index is -0.657. The van der Waals surface area contributed by atoms with Gasteiger partial charge in [-0.15, -0.1) is 0 Å². The first-order valence-corrected chi connectivity index (χ1v) is 7.11. The van der Waals surface area contributed by atoms with Gasteiger partial charge in [-0.1, -0.05) is 0 Å². The number of nitro groups is 1. The van der Waals surface area contributed by atoms with Crippen molar-refractivity contribution in [1.82, 2.24) is 15.1 Å². The Morgan fingerprint density at radius 2 is 2.45 bits per heavy atom. The van der Waals surface area contributed by atoms with E-state index in [4.69, 9.17) is 0 Å².